The number of aromatic nitrogens is 9. The zero-order chi connectivity index (χ0) is 62.5. The van der Waals surface area contributed by atoms with Crippen LogP contribution in [0.25, 0.3) is 66.6 Å². The van der Waals surface area contributed by atoms with Crippen LogP contribution in [-0.4, -0.2) is 133 Å². The molecule has 9 aromatic rings. The highest BCUT2D eigenvalue weighted by atomic mass is 79.9. The van der Waals surface area contributed by atoms with E-state index >= 15 is 0 Å². The summed E-state index contributed by atoms with van der Waals surface area (Å²) in [6.45, 7) is 14.9. The fourth-order valence-electron chi connectivity index (χ4n) is 11.6. The number of halogens is 1. The van der Waals surface area contributed by atoms with Crippen molar-refractivity contribution in [1.29, 1.82) is 0 Å². The number of nitro benzene ring substituents is 2. The van der Waals surface area contributed by atoms with Crippen LogP contribution in [0.3, 0.4) is 0 Å². The van der Waals surface area contributed by atoms with Crippen LogP contribution in [0.4, 0.5) is 11.4 Å². The Morgan fingerprint density at radius 2 is 1.08 bits per heavy atom. The van der Waals surface area contributed by atoms with Crippen LogP contribution in [0.15, 0.2) is 94.8 Å². The molecule has 12 rings (SSSR count). The van der Waals surface area contributed by atoms with E-state index in [0.29, 0.717) is 83.6 Å². The summed E-state index contributed by atoms with van der Waals surface area (Å²) in [6.07, 6.45) is 10.3. The van der Waals surface area contributed by atoms with Gasteiger partial charge in [0.25, 0.3) is 16.9 Å². The number of hydrogen-bond acceptors (Lipinski definition) is 19. The number of esters is 2. The van der Waals surface area contributed by atoms with Crippen LogP contribution in [0, 0.1) is 47.9 Å². The molecule has 458 valence electrons. The molecular weight excluding hydrogens is 1200 g/mol. The lowest BCUT2D eigenvalue weighted by atomic mass is 9.94. The number of nitrogens with one attached hydrogen (secondary N) is 1. The minimum absolute atomic E-state index is 0.0820. The van der Waals surface area contributed by atoms with Gasteiger partial charge < -0.3 is 38.1 Å². The average molecular weight is 1270 g/mol. The molecule has 88 heavy (non-hydrogen) atoms. The highest BCUT2D eigenvalue weighted by Gasteiger charge is 2.33. The number of aryl methyl sites for hydroxylation is 2. The number of nitrogens with zero attached hydrogens (tertiary/aromatic N) is 10. The number of carbonyl (C=O) groups is 2. The Hall–Kier alpha value is -9.24. The molecule has 9 heterocycles. The highest BCUT2D eigenvalue weighted by Crippen LogP contribution is 2.42. The monoisotopic (exact) mass is 1270 g/mol. The van der Waals surface area contributed by atoms with Crippen LogP contribution in [0.5, 0.6) is 11.8 Å². The van der Waals surface area contributed by atoms with Gasteiger partial charge in [0, 0.05) is 65.3 Å². The van der Waals surface area contributed by atoms with E-state index in [1.54, 1.807) is 67.0 Å². The van der Waals surface area contributed by atoms with Crippen LogP contribution in [0.2, 0.25) is 0 Å². The topological polar surface area (TPSA) is 297 Å². The number of H-pyrrole nitrogens is 1. The van der Waals surface area contributed by atoms with Gasteiger partial charge in [-0.05, 0) is 118 Å². The maximum absolute atomic E-state index is 12.7. The fourth-order valence-corrected chi connectivity index (χ4v) is 11.9. The van der Waals surface area contributed by atoms with Gasteiger partial charge in [0.15, 0.2) is 0 Å². The second-order valence-corrected chi connectivity index (χ2v) is 22.0. The SMILES string of the molecule is CCOC(=O)c1cnn(C2CCOC2)c1-c1ccc(-c2c(C)cnc(OC)c2C)cc1[N+](=O)[O-].CCOC(=O)c1cnn(C2CCOC2)c1-c1ccc(Br)cc1[N+](=O)[O-].COc1ncc(C)c(-c2ccc3c(c2)[nH]c(=O)c2cnn(C4CCOC4)c23)c1C. The molecule has 26 heteroatoms. The van der Waals surface area contributed by atoms with Crippen LogP contribution in [0.1, 0.15) is 94.2 Å². The van der Waals surface area contributed by atoms with Gasteiger partial charge in [-0.3, -0.25) is 39.1 Å². The van der Waals surface area contributed by atoms with Crippen molar-refractivity contribution >= 4 is 61.0 Å². The van der Waals surface area contributed by atoms with Crippen molar-refractivity contribution in [3.05, 3.63) is 154 Å². The maximum Gasteiger partial charge on any atom is 0.341 e. The summed E-state index contributed by atoms with van der Waals surface area (Å²) in [5.74, 6) is -0.0725. The second-order valence-electron chi connectivity index (χ2n) is 21.1. The third-order valence-corrected chi connectivity index (χ3v) is 16.1. The molecule has 0 spiro atoms. The van der Waals surface area contributed by atoms with Crippen molar-refractivity contribution < 1.29 is 52.6 Å². The Labute approximate surface area is 512 Å². The number of benzene rings is 3. The van der Waals surface area contributed by atoms with E-state index in [-0.39, 0.29) is 65.0 Å². The van der Waals surface area contributed by atoms with Gasteiger partial charge in [-0.2, -0.15) is 15.3 Å². The Balaban J connectivity index is 0.000000148. The number of fused-ring (bicyclic) bond motifs is 3. The summed E-state index contributed by atoms with van der Waals surface area (Å²) in [4.78, 5) is 72.2. The summed E-state index contributed by atoms with van der Waals surface area (Å²) in [6, 6.07) is 15.8. The third-order valence-electron chi connectivity index (χ3n) is 15.7. The van der Waals surface area contributed by atoms with E-state index < -0.39 is 21.8 Å². The standard InChI is InChI=1S/C24H26N4O6.C22H22N4O3.C16H16BrN3O5/c1-5-34-24(29)19-12-26-27(17-8-9-33-13-17)22(19)18-7-6-16(10-20(18)28(30)31)21-14(2)11-25-23(32-4)15(21)3;1-12-9-23-22(28-3)13(2)19(12)14-4-5-16-18(8-14)25-21(27)17-10-24-26(20(16)17)15-6-7-29-11-15;1-2-25-16(21)13-8-18-19(11-5-6-24-9-11)15(13)12-4-3-10(17)7-14(12)20(22)23/h6-7,10-12,17H,5,8-9,13H2,1-4H3;4-5,8-10,15H,6-7,11H2,1-3H3,(H,25,27);3-4,7-8,11H,2,5-6,9H2,1H3. The van der Waals surface area contributed by atoms with Crippen LogP contribution in [-0.2, 0) is 23.7 Å². The van der Waals surface area contributed by atoms with Gasteiger partial charge >= 0.3 is 11.9 Å². The molecule has 3 saturated heterocycles. The van der Waals surface area contributed by atoms with E-state index in [4.69, 9.17) is 33.2 Å². The summed E-state index contributed by atoms with van der Waals surface area (Å²) in [5, 5.41) is 38.5. The largest absolute Gasteiger partial charge is 0.481 e. The Morgan fingerprint density at radius 1 is 0.625 bits per heavy atom. The first-order valence-electron chi connectivity index (χ1n) is 28.5. The first-order valence-corrected chi connectivity index (χ1v) is 29.3. The summed E-state index contributed by atoms with van der Waals surface area (Å²) < 4.78 is 43.3. The van der Waals surface area contributed by atoms with E-state index in [9.17, 15) is 34.6 Å². The molecule has 0 bridgehead atoms. The van der Waals surface area contributed by atoms with Crippen molar-refractivity contribution in [3.63, 3.8) is 0 Å². The normalized spacial score (nSPS) is 16.2. The van der Waals surface area contributed by atoms with Crippen molar-refractivity contribution in [1.82, 2.24) is 44.3 Å². The molecule has 0 aliphatic carbocycles. The lowest BCUT2D eigenvalue weighted by Crippen LogP contribution is -2.14. The Bertz CT molecular complexity index is 4190. The Kier molecular flexibility index (Phi) is 18.8. The number of ether oxygens (including phenoxy) is 7. The number of pyridine rings is 3. The van der Waals surface area contributed by atoms with Crippen molar-refractivity contribution in [2.75, 3.05) is 67.1 Å². The maximum atomic E-state index is 12.7. The van der Waals surface area contributed by atoms with Gasteiger partial charge in [0.05, 0.1) is 133 Å². The van der Waals surface area contributed by atoms with E-state index in [0.717, 1.165) is 74.8 Å². The molecule has 0 saturated carbocycles. The molecule has 25 nitrogen and oxygen atoms in total. The summed E-state index contributed by atoms with van der Waals surface area (Å²) in [7, 11) is 3.15. The number of rotatable bonds is 15. The molecule has 6 aromatic heterocycles. The predicted octanol–water partition coefficient (Wildman–Crippen LogP) is 11.2. The van der Waals surface area contributed by atoms with E-state index in [1.807, 2.05) is 44.6 Å². The lowest BCUT2D eigenvalue weighted by molar-refractivity contribution is -0.384. The fraction of sp³-hybridized carbons (Fsp3) is 0.355. The number of methoxy groups -OCH3 is 2. The van der Waals surface area contributed by atoms with E-state index in [1.165, 1.54) is 31.6 Å². The predicted molar refractivity (Wildman–Crippen MR) is 328 cm³/mol. The average Bonchev–Trinajstić information content (AvgIpc) is 1.66. The van der Waals surface area contributed by atoms with Gasteiger partial charge in [-0.15, -0.1) is 0 Å². The minimum atomic E-state index is -0.577. The first kappa shape index (κ1) is 61.8. The molecule has 3 atom stereocenters. The summed E-state index contributed by atoms with van der Waals surface area (Å²) >= 11 is 3.25. The minimum Gasteiger partial charge on any atom is -0.481 e. The number of nitro groups is 2. The molecule has 3 fully saturated rings. The molecule has 3 unspecified atom stereocenters. The molecule has 3 aliphatic heterocycles. The first-order chi connectivity index (χ1) is 42.5. The van der Waals surface area contributed by atoms with Gasteiger partial charge in [0.1, 0.15) is 11.1 Å². The Morgan fingerprint density at radius 3 is 1.55 bits per heavy atom. The zero-order valence-corrected chi connectivity index (χ0v) is 51.2. The second kappa shape index (κ2) is 26.8. The lowest BCUT2D eigenvalue weighted by Gasteiger charge is -2.16. The van der Waals surface area contributed by atoms with E-state index in [2.05, 4.69) is 58.3 Å². The molecular formula is C62H64BrN11O14. The molecule has 3 aliphatic rings. The molecule has 3 aromatic carbocycles. The molecule has 0 amide bonds. The molecule has 1 N–H and O–H groups in total. The van der Waals surface area contributed by atoms with Gasteiger partial charge in [0.2, 0.25) is 11.8 Å². The molecule has 0 radical (unpaired) electrons. The number of hydrogen-bond donors (Lipinski definition) is 1. The van der Waals surface area contributed by atoms with Crippen molar-refractivity contribution in [2.45, 2.75) is 78.9 Å². The zero-order valence-electron chi connectivity index (χ0n) is 49.7. The quantitative estimate of drug-likeness (QED) is 0.0566. The van der Waals surface area contributed by atoms with Crippen molar-refractivity contribution in [3.8, 4) is 56.5 Å². The smallest absolute Gasteiger partial charge is 0.341 e. The van der Waals surface area contributed by atoms with Crippen LogP contribution >= 0.6 is 15.9 Å². The van der Waals surface area contributed by atoms with Crippen molar-refractivity contribution in [2.24, 2.45) is 0 Å². The van der Waals surface area contributed by atoms with Gasteiger partial charge in [-0.1, -0.05) is 34.1 Å². The summed E-state index contributed by atoms with van der Waals surface area (Å²) in [5.41, 5.74) is 10.2. The highest BCUT2D eigenvalue weighted by molar-refractivity contribution is 9.10. The van der Waals surface area contributed by atoms with Crippen LogP contribution < -0.4 is 15.0 Å². The number of aromatic amines is 1. The third kappa shape index (κ3) is 12.2. The number of carbonyl (C=O) groups excluding carboxylic acids is 2. The van der Waals surface area contributed by atoms with Gasteiger partial charge in [-0.25, -0.2) is 19.6 Å².